The Morgan fingerprint density at radius 2 is 1.52 bits per heavy atom. The predicted octanol–water partition coefficient (Wildman–Crippen LogP) is 4.54. The number of aliphatic hydroxyl groups is 1. The van der Waals surface area contributed by atoms with Crippen LogP contribution in [0.4, 0.5) is 4.79 Å². The van der Waals surface area contributed by atoms with Crippen molar-refractivity contribution in [2.24, 2.45) is 23.7 Å². The topological polar surface area (TPSA) is 190 Å². The maximum atomic E-state index is 14.5. The summed E-state index contributed by atoms with van der Waals surface area (Å²) in [4.78, 5) is 84.3. The fourth-order valence-corrected chi connectivity index (χ4v) is 9.59. The molecule has 0 spiro atoms. The van der Waals surface area contributed by atoms with Crippen LogP contribution >= 0.6 is 0 Å². The van der Waals surface area contributed by atoms with Gasteiger partial charge in [0.05, 0.1) is 48.8 Å². The number of hydrogen-bond donors (Lipinski definition) is 5. The number of ether oxygens (including phenoxy) is 2. The number of nitrogens with zero attached hydrogens (tertiary/aromatic N) is 3. The van der Waals surface area contributed by atoms with E-state index in [9.17, 15) is 33.9 Å². The molecule has 61 heavy (non-hydrogen) atoms. The van der Waals surface area contributed by atoms with Gasteiger partial charge >= 0.3 is 6.03 Å². The molecule has 2 rings (SSSR count). The second-order valence-corrected chi connectivity index (χ2v) is 22.5. The van der Waals surface area contributed by atoms with Crippen LogP contribution in [0.3, 0.4) is 0 Å². The molecule has 0 bridgehead atoms. The highest BCUT2D eigenvalue weighted by molar-refractivity contribution is 6.69. The Balaban J connectivity index is 2.25. The van der Waals surface area contributed by atoms with Crippen molar-refractivity contribution in [3.05, 3.63) is 35.9 Å². The summed E-state index contributed by atoms with van der Waals surface area (Å²) in [6, 6.07) is 6.10. The van der Waals surface area contributed by atoms with Gasteiger partial charge in [-0.25, -0.2) is 4.79 Å². The normalized spacial score (nSPS) is 18.9. The third-order valence-electron chi connectivity index (χ3n) is 12.4. The highest BCUT2D eigenvalue weighted by Crippen LogP contribution is 2.30. The lowest BCUT2D eigenvalue weighted by Gasteiger charge is -2.41. The third kappa shape index (κ3) is 15.3. The molecule has 3 unspecified atom stereocenters. The van der Waals surface area contributed by atoms with E-state index in [2.05, 4.69) is 16.0 Å². The van der Waals surface area contributed by atoms with Gasteiger partial charge in [0, 0.05) is 41.4 Å². The van der Waals surface area contributed by atoms with E-state index in [1.54, 1.807) is 37.7 Å². The molecule has 10 atom stereocenters. The van der Waals surface area contributed by atoms with Gasteiger partial charge in [0.1, 0.15) is 12.1 Å². The SMILES string of the molecule is CC[C@@H](C)[C@H]([C@H](CC(=O)N1CCCC1[C@@H](OC)[C@H](C)C(=O)N[C@@H](C)[C@H](O)c1ccccc1)OC)N(C)C(=O)C(NC(=O)C(C(C)C)N(C)C(=O)NCCC[Si](C)(C)O)C(C)C. The van der Waals surface area contributed by atoms with Crippen molar-refractivity contribution in [1.82, 2.24) is 30.7 Å². The first-order chi connectivity index (χ1) is 28.5. The van der Waals surface area contributed by atoms with Crippen molar-refractivity contribution in [3.63, 3.8) is 0 Å². The number of methoxy groups -OCH3 is 2. The Labute approximate surface area is 367 Å². The molecule has 6 amide bonds. The van der Waals surface area contributed by atoms with E-state index in [0.717, 1.165) is 6.42 Å². The summed E-state index contributed by atoms with van der Waals surface area (Å²) >= 11 is 0. The van der Waals surface area contributed by atoms with Gasteiger partial charge < -0.3 is 50.0 Å². The lowest BCUT2D eigenvalue weighted by molar-refractivity contribution is -0.148. The number of rotatable bonds is 24. The second kappa shape index (κ2) is 24.9. The zero-order valence-electron chi connectivity index (χ0n) is 39.6. The molecule has 1 saturated heterocycles. The Morgan fingerprint density at radius 3 is 2.05 bits per heavy atom. The number of nitrogens with one attached hydrogen (secondary N) is 3. The van der Waals surface area contributed by atoms with Crippen molar-refractivity contribution >= 4 is 38.0 Å². The minimum atomic E-state index is -2.25. The Bertz CT molecular complexity index is 1550. The van der Waals surface area contributed by atoms with E-state index < -0.39 is 68.7 Å². The second-order valence-electron chi connectivity index (χ2n) is 18.4. The molecule has 1 aliphatic heterocycles. The molecule has 0 aliphatic carbocycles. The zero-order chi connectivity index (χ0) is 46.4. The molecule has 0 aromatic heterocycles. The monoisotopic (exact) mass is 877 g/mol. The number of benzene rings is 1. The number of aliphatic hydroxyl groups excluding tert-OH is 1. The molecular formula is C45H80N6O9Si. The highest BCUT2D eigenvalue weighted by atomic mass is 28.4. The van der Waals surface area contributed by atoms with Crippen LogP contribution in [0.1, 0.15) is 99.2 Å². The average Bonchev–Trinajstić information content (AvgIpc) is 3.70. The summed E-state index contributed by atoms with van der Waals surface area (Å²) < 4.78 is 12.0. The molecule has 16 heteroatoms. The van der Waals surface area contributed by atoms with Gasteiger partial charge in [-0.15, -0.1) is 0 Å². The largest absolute Gasteiger partial charge is 0.432 e. The van der Waals surface area contributed by atoms with Crippen LogP contribution in [-0.2, 0) is 28.7 Å². The standard InChI is InChI=1S/C45H80N6O9Si/c1-15-30(6)39(49(9)44(56)37(28(2)3)48-43(55)38(29(4)5)50(10)45(57)46-24-20-26-61(13,14)58)35(59-11)27-36(52)51-25-19-23-34(51)41(60-12)31(7)42(54)47-32(8)40(53)33-21-17-16-18-22-33/h16-18,21-22,28-32,34-35,37-41,53,58H,15,19-20,23-27H2,1-14H3,(H,46,57)(H,47,54)(H,48,55)/t30-,31+,32+,34?,35+,37?,38?,39-,40+,41+/m1/s1. The first-order valence-corrected chi connectivity index (χ1v) is 25.4. The maximum Gasteiger partial charge on any atom is 0.317 e. The van der Waals surface area contributed by atoms with E-state index in [-0.39, 0.29) is 47.9 Å². The molecule has 5 N–H and O–H groups in total. The quantitative estimate of drug-likeness (QED) is 0.0734. The molecule has 1 aromatic carbocycles. The summed E-state index contributed by atoms with van der Waals surface area (Å²) in [6.07, 6.45) is 0.451. The summed E-state index contributed by atoms with van der Waals surface area (Å²) in [5.41, 5.74) is 0.695. The number of urea groups is 1. The summed E-state index contributed by atoms with van der Waals surface area (Å²) in [6.45, 7) is 19.5. The van der Waals surface area contributed by atoms with Crippen molar-refractivity contribution in [1.29, 1.82) is 0 Å². The number of likely N-dealkylation sites (tertiary alicyclic amines) is 1. The average molecular weight is 877 g/mol. The number of hydrogen-bond acceptors (Lipinski definition) is 9. The van der Waals surface area contributed by atoms with E-state index in [4.69, 9.17) is 9.47 Å². The van der Waals surface area contributed by atoms with Crippen LogP contribution in [0, 0.1) is 23.7 Å². The van der Waals surface area contributed by atoms with Crippen LogP contribution in [0.5, 0.6) is 0 Å². The minimum absolute atomic E-state index is 0.0248. The van der Waals surface area contributed by atoms with E-state index >= 15 is 0 Å². The summed E-state index contributed by atoms with van der Waals surface area (Å²) in [5.74, 6) is -2.56. The zero-order valence-corrected chi connectivity index (χ0v) is 40.6. The molecule has 1 aliphatic rings. The molecule has 15 nitrogen and oxygen atoms in total. The van der Waals surface area contributed by atoms with E-state index in [0.29, 0.717) is 44.0 Å². The Kier molecular flexibility index (Phi) is 21.9. The summed E-state index contributed by atoms with van der Waals surface area (Å²) in [7, 11) is 4.07. The lowest BCUT2D eigenvalue weighted by Crippen LogP contribution is -2.61. The minimum Gasteiger partial charge on any atom is -0.432 e. The van der Waals surface area contributed by atoms with Gasteiger partial charge in [-0.2, -0.15) is 0 Å². The van der Waals surface area contributed by atoms with Crippen LogP contribution in [0.2, 0.25) is 19.1 Å². The van der Waals surface area contributed by atoms with Crippen LogP contribution < -0.4 is 16.0 Å². The first-order valence-electron chi connectivity index (χ1n) is 22.2. The molecule has 1 fully saturated rings. The lowest BCUT2D eigenvalue weighted by atomic mass is 9.89. The van der Waals surface area contributed by atoms with Gasteiger partial charge in [0.2, 0.25) is 23.6 Å². The van der Waals surface area contributed by atoms with Crippen LogP contribution in [0.15, 0.2) is 30.3 Å². The molecule has 348 valence electrons. The van der Waals surface area contributed by atoms with Crippen molar-refractivity contribution in [2.45, 2.75) is 155 Å². The fraction of sp³-hybridized carbons (Fsp3) is 0.756. The Morgan fingerprint density at radius 1 is 0.902 bits per heavy atom. The Hall–Kier alpha value is -3.57. The molecule has 1 heterocycles. The number of likely N-dealkylation sites (N-methyl/N-ethyl adjacent to an activating group) is 2. The molecule has 1 aromatic rings. The van der Waals surface area contributed by atoms with Gasteiger partial charge in [-0.3, -0.25) is 19.2 Å². The first kappa shape index (κ1) is 53.6. The number of amides is 6. The van der Waals surface area contributed by atoms with Gasteiger partial charge in [0.15, 0.2) is 8.32 Å². The summed E-state index contributed by atoms with van der Waals surface area (Å²) in [5, 5.41) is 19.6. The molecule has 0 saturated carbocycles. The number of carbonyl (C=O) groups excluding carboxylic acids is 5. The van der Waals surface area contributed by atoms with Crippen LogP contribution in [-0.4, -0.2) is 146 Å². The van der Waals surface area contributed by atoms with Crippen molar-refractivity contribution < 1.29 is 43.3 Å². The van der Waals surface area contributed by atoms with E-state index in [1.165, 1.54) is 19.1 Å². The van der Waals surface area contributed by atoms with Gasteiger partial charge in [-0.05, 0) is 68.6 Å². The molecular weight excluding hydrogens is 797 g/mol. The third-order valence-corrected chi connectivity index (χ3v) is 13.9. The predicted molar refractivity (Wildman–Crippen MR) is 241 cm³/mol. The highest BCUT2D eigenvalue weighted by Gasteiger charge is 2.43. The van der Waals surface area contributed by atoms with Crippen LogP contribution in [0.25, 0.3) is 0 Å². The van der Waals surface area contributed by atoms with Gasteiger partial charge in [-0.1, -0.05) is 85.2 Å². The van der Waals surface area contributed by atoms with Crippen molar-refractivity contribution in [3.8, 4) is 0 Å². The smallest absolute Gasteiger partial charge is 0.317 e. The number of carbonyl (C=O) groups is 5. The maximum absolute atomic E-state index is 14.5. The van der Waals surface area contributed by atoms with Crippen molar-refractivity contribution in [2.75, 3.05) is 41.4 Å². The fourth-order valence-electron chi connectivity index (χ4n) is 8.54. The van der Waals surface area contributed by atoms with E-state index in [1.807, 2.05) is 85.0 Å². The van der Waals surface area contributed by atoms with Gasteiger partial charge in [0.25, 0.3) is 0 Å². The molecule has 0 radical (unpaired) electrons.